The minimum Gasteiger partial charge on any atom is -0.481 e. The van der Waals surface area contributed by atoms with E-state index in [9.17, 15) is 9.59 Å². The van der Waals surface area contributed by atoms with Crippen LogP contribution in [0.2, 0.25) is 0 Å². The Bertz CT molecular complexity index is 642. The number of hydrogen-bond acceptors (Lipinski definition) is 4. The molecule has 1 aromatic carbocycles. The van der Waals surface area contributed by atoms with E-state index in [-0.39, 0.29) is 12.2 Å². The van der Waals surface area contributed by atoms with Crippen LogP contribution in [0.25, 0.3) is 11.1 Å². The van der Waals surface area contributed by atoms with E-state index in [0.717, 1.165) is 17.5 Å². The van der Waals surface area contributed by atoms with Crippen molar-refractivity contribution in [2.24, 2.45) is 7.05 Å². The number of fused-ring (bicyclic) bond motifs is 1. The Hall–Kier alpha value is -2.08. The summed E-state index contributed by atoms with van der Waals surface area (Å²) in [6.45, 7) is 1.15. The monoisotopic (exact) mass is 264 g/mol. The molecule has 0 aliphatic heterocycles. The fraction of sp³-hybridized carbons (Fsp3) is 0.385. The van der Waals surface area contributed by atoms with Gasteiger partial charge in [-0.05, 0) is 30.7 Å². The molecule has 0 saturated heterocycles. The largest absolute Gasteiger partial charge is 0.481 e. The number of aromatic nitrogens is 1. The van der Waals surface area contributed by atoms with Crippen molar-refractivity contribution >= 4 is 17.1 Å². The van der Waals surface area contributed by atoms with Crippen molar-refractivity contribution in [3.05, 3.63) is 34.3 Å². The molecule has 0 spiro atoms. The zero-order valence-electron chi connectivity index (χ0n) is 10.7. The van der Waals surface area contributed by atoms with Gasteiger partial charge in [-0.25, -0.2) is 4.79 Å². The molecule has 0 fully saturated rings. The van der Waals surface area contributed by atoms with Gasteiger partial charge >= 0.3 is 11.7 Å². The molecule has 1 aromatic heterocycles. The molecule has 6 nitrogen and oxygen atoms in total. The van der Waals surface area contributed by atoms with Crippen molar-refractivity contribution in [2.75, 3.05) is 13.1 Å². The van der Waals surface area contributed by atoms with Gasteiger partial charge in [0, 0.05) is 13.6 Å². The summed E-state index contributed by atoms with van der Waals surface area (Å²) in [5.74, 6) is -1.17. The predicted molar refractivity (Wildman–Crippen MR) is 70.3 cm³/mol. The van der Waals surface area contributed by atoms with Gasteiger partial charge in [-0.2, -0.15) is 0 Å². The third-order valence-corrected chi connectivity index (χ3v) is 2.96. The summed E-state index contributed by atoms with van der Waals surface area (Å²) in [6.07, 6.45) is 0.876. The van der Waals surface area contributed by atoms with E-state index in [4.69, 9.17) is 9.52 Å². The summed E-state index contributed by atoms with van der Waals surface area (Å²) in [5.41, 5.74) is 2.40. The van der Waals surface area contributed by atoms with Gasteiger partial charge in [0.05, 0.1) is 11.9 Å². The van der Waals surface area contributed by atoms with Crippen LogP contribution in [0.4, 0.5) is 0 Å². The zero-order chi connectivity index (χ0) is 13.8. The van der Waals surface area contributed by atoms with Crippen LogP contribution >= 0.6 is 0 Å². The lowest BCUT2D eigenvalue weighted by atomic mass is 10.1. The first-order valence-corrected chi connectivity index (χ1v) is 6.09. The molecule has 2 N–H and O–H groups in total. The Balaban J connectivity index is 1.94. The Morgan fingerprint density at radius 2 is 2.21 bits per heavy atom. The van der Waals surface area contributed by atoms with Crippen LogP contribution < -0.4 is 11.1 Å². The third-order valence-electron chi connectivity index (χ3n) is 2.96. The Morgan fingerprint density at radius 1 is 1.42 bits per heavy atom. The Labute approximate surface area is 109 Å². The van der Waals surface area contributed by atoms with E-state index in [1.54, 1.807) is 7.05 Å². The molecule has 1 heterocycles. The lowest BCUT2D eigenvalue weighted by Crippen LogP contribution is -2.20. The van der Waals surface area contributed by atoms with Gasteiger partial charge in [0.1, 0.15) is 0 Å². The molecule has 0 aliphatic carbocycles. The van der Waals surface area contributed by atoms with E-state index in [1.165, 1.54) is 4.57 Å². The van der Waals surface area contributed by atoms with Crippen LogP contribution in [-0.4, -0.2) is 28.7 Å². The second kappa shape index (κ2) is 5.71. The Morgan fingerprint density at radius 3 is 2.95 bits per heavy atom. The summed E-state index contributed by atoms with van der Waals surface area (Å²) in [6, 6.07) is 5.64. The summed E-state index contributed by atoms with van der Waals surface area (Å²) < 4.78 is 6.57. The van der Waals surface area contributed by atoms with Crippen LogP contribution in [0.3, 0.4) is 0 Å². The number of nitrogens with one attached hydrogen (secondary N) is 1. The van der Waals surface area contributed by atoms with Gasteiger partial charge in [-0.15, -0.1) is 0 Å². The molecular formula is C13H16N2O4. The maximum absolute atomic E-state index is 11.3. The number of nitrogens with zero attached hydrogens (tertiary/aromatic N) is 1. The molecule has 0 radical (unpaired) electrons. The molecule has 0 amide bonds. The topological polar surface area (TPSA) is 84.5 Å². The molecule has 0 unspecified atom stereocenters. The quantitative estimate of drug-likeness (QED) is 0.752. The molecule has 0 aliphatic rings. The molecule has 0 saturated carbocycles. The van der Waals surface area contributed by atoms with Crippen molar-refractivity contribution < 1.29 is 14.3 Å². The van der Waals surface area contributed by atoms with Crippen molar-refractivity contribution in [3.8, 4) is 0 Å². The number of benzene rings is 1. The minimum atomic E-state index is -0.806. The van der Waals surface area contributed by atoms with Gasteiger partial charge in [0.25, 0.3) is 0 Å². The molecule has 2 aromatic rings. The highest BCUT2D eigenvalue weighted by Crippen LogP contribution is 2.14. The summed E-state index contributed by atoms with van der Waals surface area (Å²) in [5, 5.41) is 11.5. The van der Waals surface area contributed by atoms with Gasteiger partial charge in [-0.3, -0.25) is 9.36 Å². The first-order valence-electron chi connectivity index (χ1n) is 6.09. The van der Waals surface area contributed by atoms with Crippen molar-refractivity contribution in [1.29, 1.82) is 0 Å². The van der Waals surface area contributed by atoms with Gasteiger partial charge in [0.15, 0.2) is 5.58 Å². The molecule has 0 atom stereocenters. The highest BCUT2D eigenvalue weighted by atomic mass is 16.4. The van der Waals surface area contributed by atoms with E-state index < -0.39 is 5.97 Å². The van der Waals surface area contributed by atoms with E-state index in [0.29, 0.717) is 18.7 Å². The highest BCUT2D eigenvalue weighted by molar-refractivity contribution is 5.73. The van der Waals surface area contributed by atoms with Gasteiger partial charge in [-0.1, -0.05) is 6.07 Å². The van der Waals surface area contributed by atoms with Crippen LogP contribution in [0, 0.1) is 0 Å². The standard InChI is InChI=1S/C13H16N2O4/c1-15-10-3-2-9(8-11(10)19-13(15)18)4-6-14-7-5-12(16)17/h2-3,8,14H,4-7H2,1H3,(H,16,17). The average Bonchev–Trinajstić information content (AvgIpc) is 2.64. The lowest BCUT2D eigenvalue weighted by Gasteiger charge is -2.03. The molecular weight excluding hydrogens is 248 g/mol. The molecule has 2 rings (SSSR count). The maximum Gasteiger partial charge on any atom is 0.419 e. The maximum atomic E-state index is 11.3. The number of carbonyl (C=O) groups is 1. The Kier molecular flexibility index (Phi) is 4.01. The van der Waals surface area contributed by atoms with Crippen molar-refractivity contribution in [1.82, 2.24) is 9.88 Å². The SMILES string of the molecule is Cn1c(=O)oc2cc(CCNCCC(=O)O)ccc21. The van der Waals surface area contributed by atoms with Crippen LogP contribution in [0.1, 0.15) is 12.0 Å². The number of aryl methyl sites for hydroxylation is 1. The van der Waals surface area contributed by atoms with Crippen molar-refractivity contribution in [3.63, 3.8) is 0 Å². The van der Waals surface area contributed by atoms with Crippen LogP contribution in [0.5, 0.6) is 0 Å². The van der Waals surface area contributed by atoms with Gasteiger partial charge in [0.2, 0.25) is 0 Å². The smallest absolute Gasteiger partial charge is 0.419 e. The summed E-state index contributed by atoms with van der Waals surface area (Å²) in [7, 11) is 1.67. The molecule has 0 bridgehead atoms. The van der Waals surface area contributed by atoms with Crippen LogP contribution in [0.15, 0.2) is 27.4 Å². The highest BCUT2D eigenvalue weighted by Gasteiger charge is 2.06. The predicted octanol–water partition coefficient (Wildman–Crippen LogP) is 0.738. The third kappa shape index (κ3) is 3.23. The van der Waals surface area contributed by atoms with E-state index >= 15 is 0 Å². The number of carboxylic acid groups (broad SMARTS) is 1. The fourth-order valence-electron chi connectivity index (χ4n) is 1.89. The first kappa shape index (κ1) is 13.4. The van der Waals surface area contributed by atoms with Crippen molar-refractivity contribution in [2.45, 2.75) is 12.8 Å². The number of rotatable bonds is 6. The number of aliphatic carboxylic acids is 1. The molecule has 102 valence electrons. The normalized spacial score (nSPS) is 11.0. The second-order valence-electron chi connectivity index (χ2n) is 4.37. The number of carboxylic acids is 1. The fourth-order valence-corrected chi connectivity index (χ4v) is 1.89. The minimum absolute atomic E-state index is 0.118. The van der Waals surface area contributed by atoms with Crippen LogP contribution in [-0.2, 0) is 18.3 Å². The summed E-state index contributed by atoms with van der Waals surface area (Å²) >= 11 is 0. The van der Waals surface area contributed by atoms with E-state index in [1.807, 2.05) is 18.2 Å². The molecule has 19 heavy (non-hydrogen) atoms. The second-order valence-corrected chi connectivity index (χ2v) is 4.37. The number of oxazole rings is 1. The first-order chi connectivity index (χ1) is 9.08. The van der Waals surface area contributed by atoms with E-state index in [2.05, 4.69) is 5.32 Å². The lowest BCUT2D eigenvalue weighted by molar-refractivity contribution is -0.136. The molecule has 6 heteroatoms. The summed E-state index contributed by atoms with van der Waals surface area (Å²) in [4.78, 5) is 21.7. The zero-order valence-corrected chi connectivity index (χ0v) is 10.7. The number of hydrogen-bond donors (Lipinski definition) is 2. The van der Waals surface area contributed by atoms with Gasteiger partial charge < -0.3 is 14.8 Å². The average molecular weight is 264 g/mol.